The maximum atomic E-state index is 11.2. The van der Waals surface area contributed by atoms with Gasteiger partial charge in [-0.25, -0.2) is 4.98 Å². The molecule has 0 amide bonds. The predicted molar refractivity (Wildman–Crippen MR) is 68.8 cm³/mol. The van der Waals surface area contributed by atoms with Gasteiger partial charge in [0.1, 0.15) is 10.8 Å². The van der Waals surface area contributed by atoms with Crippen LogP contribution in [0.25, 0.3) is 10.6 Å². The number of Topliss-reactive ketones (excluding diaryl/α,β-unsaturated/α-hetero) is 1. The Balaban J connectivity index is 2.48. The van der Waals surface area contributed by atoms with Crippen LogP contribution in [0.15, 0.2) is 24.4 Å². The van der Waals surface area contributed by atoms with Crippen LogP contribution in [0.2, 0.25) is 0 Å². The summed E-state index contributed by atoms with van der Waals surface area (Å²) in [6.45, 7) is 3.55. The molecule has 0 aliphatic heterocycles. The van der Waals surface area contributed by atoms with Crippen LogP contribution in [-0.4, -0.2) is 17.9 Å². The fourth-order valence-electron chi connectivity index (χ4n) is 1.54. The molecule has 17 heavy (non-hydrogen) atoms. The number of rotatable bonds is 3. The molecule has 2 aromatic rings. The van der Waals surface area contributed by atoms with Gasteiger partial charge in [0, 0.05) is 13.1 Å². The third-order valence-corrected chi connectivity index (χ3v) is 3.57. The van der Waals surface area contributed by atoms with Gasteiger partial charge >= 0.3 is 0 Å². The Morgan fingerprint density at radius 2 is 2.18 bits per heavy atom. The molecular formula is C13H13NO2S. The van der Waals surface area contributed by atoms with E-state index in [0.29, 0.717) is 4.88 Å². The molecule has 1 aromatic heterocycles. The van der Waals surface area contributed by atoms with Crippen molar-refractivity contribution in [2.45, 2.75) is 13.8 Å². The quantitative estimate of drug-likeness (QED) is 0.781. The van der Waals surface area contributed by atoms with Gasteiger partial charge in [0.05, 0.1) is 17.6 Å². The van der Waals surface area contributed by atoms with E-state index in [1.54, 1.807) is 20.2 Å². The molecule has 2 rings (SSSR count). The third kappa shape index (κ3) is 2.36. The van der Waals surface area contributed by atoms with Crippen LogP contribution in [0.4, 0.5) is 0 Å². The van der Waals surface area contributed by atoms with Crippen LogP contribution in [0, 0.1) is 6.92 Å². The Kier molecular flexibility index (Phi) is 3.24. The van der Waals surface area contributed by atoms with E-state index in [9.17, 15) is 4.79 Å². The Hall–Kier alpha value is -1.68. The molecule has 3 nitrogen and oxygen atoms in total. The Morgan fingerprint density at radius 1 is 1.41 bits per heavy atom. The van der Waals surface area contributed by atoms with Crippen molar-refractivity contribution in [2.24, 2.45) is 0 Å². The minimum atomic E-state index is 0.0415. The molecule has 88 valence electrons. The van der Waals surface area contributed by atoms with E-state index in [2.05, 4.69) is 4.98 Å². The van der Waals surface area contributed by atoms with Crippen molar-refractivity contribution in [3.8, 4) is 16.3 Å². The summed E-state index contributed by atoms with van der Waals surface area (Å²) in [7, 11) is 1.64. The molecular weight excluding hydrogens is 234 g/mol. The van der Waals surface area contributed by atoms with E-state index >= 15 is 0 Å². The van der Waals surface area contributed by atoms with Crippen LogP contribution < -0.4 is 4.74 Å². The first-order chi connectivity index (χ1) is 8.11. The van der Waals surface area contributed by atoms with Gasteiger partial charge in [-0.3, -0.25) is 4.79 Å². The van der Waals surface area contributed by atoms with E-state index in [1.807, 2.05) is 25.1 Å². The first-order valence-electron chi connectivity index (χ1n) is 5.23. The third-order valence-electron chi connectivity index (χ3n) is 2.44. The van der Waals surface area contributed by atoms with Gasteiger partial charge < -0.3 is 4.74 Å². The lowest BCUT2D eigenvalue weighted by Gasteiger charge is -2.06. The number of ether oxygens (including phenoxy) is 1. The summed E-state index contributed by atoms with van der Waals surface area (Å²) in [5, 5.41) is 0.812. The van der Waals surface area contributed by atoms with Crippen LogP contribution in [-0.2, 0) is 0 Å². The largest absolute Gasteiger partial charge is 0.496 e. The van der Waals surface area contributed by atoms with Gasteiger partial charge in [-0.05, 0) is 24.6 Å². The van der Waals surface area contributed by atoms with Crippen molar-refractivity contribution in [3.05, 3.63) is 34.8 Å². The number of methoxy groups -OCH3 is 1. The van der Waals surface area contributed by atoms with Gasteiger partial charge in [0.15, 0.2) is 5.78 Å². The van der Waals surface area contributed by atoms with Crippen LogP contribution in [0.5, 0.6) is 5.75 Å². The molecule has 0 aliphatic rings. The molecule has 1 heterocycles. The van der Waals surface area contributed by atoms with Crippen molar-refractivity contribution in [1.82, 2.24) is 4.98 Å². The fourth-order valence-corrected chi connectivity index (χ4v) is 2.38. The van der Waals surface area contributed by atoms with Gasteiger partial charge in [-0.15, -0.1) is 11.3 Å². The second-order valence-electron chi connectivity index (χ2n) is 3.79. The van der Waals surface area contributed by atoms with E-state index in [4.69, 9.17) is 4.74 Å². The highest BCUT2D eigenvalue weighted by molar-refractivity contribution is 7.16. The van der Waals surface area contributed by atoms with Crippen molar-refractivity contribution in [2.75, 3.05) is 7.11 Å². The first kappa shape index (κ1) is 11.8. The molecule has 0 atom stereocenters. The Morgan fingerprint density at radius 3 is 2.76 bits per heavy atom. The Labute approximate surface area is 104 Å². The predicted octanol–water partition coefficient (Wildman–Crippen LogP) is 3.33. The van der Waals surface area contributed by atoms with Gasteiger partial charge in [-0.1, -0.05) is 6.07 Å². The van der Waals surface area contributed by atoms with Crippen LogP contribution >= 0.6 is 11.3 Å². The highest BCUT2D eigenvalue weighted by atomic mass is 32.1. The summed E-state index contributed by atoms with van der Waals surface area (Å²) >= 11 is 1.39. The number of aromatic nitrogens is 1. The van der Waals surface area contributed by atoms with Gasteiger partial charge in [-0.2, -0.15) is 0 Å². The minimum Gasteiger partial charge on any atom is -0.496 e. The average molecular weight is 247 g/mol. The normalized spacial score (nSPS) is 10.3. The summed E-state index contributed by atoms with van der Waals surface area (Å²) in [6.07, 6.45) is 1.61. The number of thiazole rings is 1. The minimum absolute atomic E-state index is 0.0415. The zero-order chi connectivity index (χ0) is 12.4. The summed E-state index contributed by atoms with van der Waals surface area (Å²) in [5.74, 6) is 0.828. The number of benzene rings is 1. The lowest BCUT2D eigenvalue weighted by Crippen LogP contribution is -1.88. The zero-order valence-corrected chi connectivity index (χ0v) is 10.8. The summed E-state index contributed by atoms with van der Waals surface area (Å²) < 4.78 is 5.33. The smallest absolute Gasteiger partial charge is 0.171 e. The molecule has 0 aliphatic carbocycles. The monoisotopic (exact) mass is 247 g/mol. The molecule has 0 unspecified atom stereocenters. The molecule has 0 saturated heterocycles. The molecule has 0 fully saturated rings. The number of carbonyl (C=O) groups excluding carboxylic acids is 1. The highest BCUT2D eigenvalue weighted by Gasteiger charge is 2.12. The second kappa shape index (κ2) is 4.67. The standard InChI is InChI=1S/C13H13NO2S/c1-8-4-5-10(11(6-8)16-3)13-14-7-12(17-13)9(2)15/h4-7H,1-3H3. The lowest BCUT2D eigenvalue weighted by molar-refractivity contribution is 0.102. The molecule has 1 aromatic carbocycles. The van der Waals surface area contributed by atoms with Crippen molar-refractivity contribution in [1.29, 1.82) is 0 Å². The average Bonchev–Trinajstić information content (AvgIpc) is 2.78. The number of hydrogen-bond donors (Lipinski definition) is 0. The van der Waals surface area contributed by atoms with E-state index < -0.39 is 0 Å². The number of carbonyl (C=O) groups is 1. The maximum Gasteiger partial charge on any atom is 0.171 e. The van der Waals surface area contributed by atoms with E-state index in [1.165, 1.54) is 11.3 Å². The number of hydrogen-bond acceptors (Lipinski definition) is 4. The highest BCUT2D eigenvalue weighted by Crippen LogP contribution is 2.33. The van der Waals surface area contributed by atoms with Crippen molar-refractivity contribution >= 4 is 17.1 Å². The van der Waals surface area contributed by atoms with Crippen molar-refractivity contribution in [3.63, 3.8) is 0 Å². The summed E-state index contributed by atoms with van der Waals surface area (Å²) in [6, 6.07) is 5.94. The SMILES string of the molecule is COc1cc(C)ccc1-c1ncc(C(C)=O)s1. The zero-order valence-electron chi connectivity index (χ0n) is 9.98. The Bertz CT molecular complexity index is 560. The van der Waals surface area contributed by atoms with Gasteiger partial charge in [0.25, 0.3) is 0 Å². The molecule has 0 spiro atoms. The van der Waals surface area contributed by atoms with E-state index in [0.717, 1.165) is 21.9 Å². The topological polar surface area (TPSA) is 39.2 Å². The molecule has 0 N–H and O–H groups in total. The number of aryl methyl sites for hydroxylation is 1. The molecule has 0 bridgehead atoms. The summed E-state index contributed by atoms with van der Waals surface area (Å²) in [5.41, 5.74) is 2.06. The van der Waals surface area contributed by atoms with Crippen LogP contribution in [0.1, 0.15) is 22.2 Å². The summed E-state index contributed by atoms with van der Waals surface area (Å²) in [4.78, 5) is 16.2. The number of nitrogens with zero attached hydrogens (tertiary/aromatic N) is 1. The van der Waals surface area contributed by atoms with Crippen molar-refractivity contribution < 1.29 is 9.53 Å². The maximum absolute atomic E-state index is 11.2. The first-order valence-corrected chi connectivity index (χ1v) is 6.05. The second-order valence-corrected chi connectivity index (χ2v) is 4.82. The molecule has 0 saturated carbocycles. The molecule has 4 heteroatoms. The number of ketones is 1. The van der Waals surface area contributed by atoms with E-state index in [-0.39, 0.29) is 5.78 Å². The fraction of sp³-hybridized carbons (Fsp3) is 0.231. The molecule has 0 radical (unpaired) electrons. The van der Waals surface area contributed by atoms with Gasteiger partial charge in [0.2, 0.25) is 0 Å². The van der Waals surface area contributed by atoms with Crippen LogP contribution in [0.3, 0.4) is 0 Å². The lowest BCUT2D eigenvalue weighted by atomic mass is 10.1.